The first-order chi connectivity index (χ1) is 8.95. The monoisotopic (exact) mass is 228 g/mol. The minimum absolute atomic E-state index is 0.613. The molecule has 0 bridgehead atoms. The van der Waals surface area contributed by atoms with Crippen LogP contribution in [0.1, 0.15) is 34.1 Å². The molecule has 18 heavy (non-hydrogen) atoms. The molecule has 0 aliphatic heterocycles. The van der Waals surface area contributed by atoms with Crippen LogP contribution in [0.25, 0.3) is 10.8 Å². The third-order valence-electron chi connectivity index (χ3n) is 4.64. The molecule has 0 aromatic heterocycles. The van der Waals surface area contributed by atoms with Crippen LogP contribution in [-0.4, -0.2) is 0 Å². The lowest BCUT2D eigenvalue weighted by atomic mass is 9.67. The van der Waals surface area contributed by atoms with E-state index in [2.05, 4.69) is 60.7 Å². The van der Waals surface area contributed by atoms with E-state index in [1.807, 2.05) is 0 Å². The maximum atomic E-state index is 2.31. The zero-order valence-corrected chi connectivity index (χ0v) is 9.93. The predicted molar refractivity (Wildman–Crippen MR) is 74.1 cm³/mol. The van der Waals surface area contributed by atoms with Crippen LogP contribution in [0, 0.1) is 0 Å². The van der Waals surface area contributed by atoms with Gasteiger partial charge in [0.2, 0.25) is 0 Å². The minimum atomic E-state index is 0.613. The van der Waals surface area contributed by atoms with E-state index in [1.165, 1.54) is 33.0 Å². The summed E-state index contributed by atoms with van der Waals surface area (Å²) < 4.78 is 0. The molecule has 0 saturated carbocycles. The average Bonchev–Trinajstić information content (AvgIpc) is 2.68. The molecule has 3 aromatic rings. The van der Waals surface area contributed by atoms with E-state index in [9.17, 15) is 0 Å². The van der Waals surface area contributed by atoms with Crippen LogP contribution in [0.15, 0.2) is 60.7 Å². The van der Waals surface area contributed by atoms with E-state index in [0.29, 0.717) is 11.8 Å². The van der Waals surface area contributed by atoms with E-state index in [0.717, 1.165) is 0 Å². The molecule has 2 unspecified atom stereocenters. The predicted octanol–water partition coefficient (Wildman–Crippen LogP) is 4.43. The first kappa shape index (κ1) is 8.93. The fraction of sp³-hybridized carbons (Fsp3) is 0.111. The lowest BCUT2D eigenvalue weighted by Gasteiger charge is -2.36. The fourth-order valence-corrected chi connectivity index (χ4v) is 3.95. The van der Waals surface area contributed by atoms with E-state index >= 15 is 0 Å². The SMILES string of the molecule is c1ccc2c(c1)C1c3cccc4cccc(c34)C21. The van der Waals surface area contributed by atoms with Gasteiger partial charge in [0, 0.05) is 11.8 Å². The van der Waals surface area contributed by atoms with Crippen molar-refractivity contribution in [1.82, 2.24) is 0 Å². The summed E-state index contributed by atoms with van der Waals surface area (Å²) in [6.45, 7) is 0. The minimum Gasteiger partial charge on any atom is -0.0620 e. The maximum Gasteiger partial charge on any atom is 0.0208 e. The summed E-state index contributed by atoms with van der Waals surface area (Å²) in [4.78, 5) is 0. The number of hydrogen-bond donors (Lipinski definition) is 0. The van der Waals surface area contributed by atoms with Crippen LogP contribution in [0.4, 0.5) is 0 Å². The van der Waals surface area contributed by atoms with E-state index in [-0.39, 0.29) is 0 Å². The highest BCUT2D eigenvalue weighted by Crippen LogP contribution is 2.60. The first-order valence-electron chi connectivity index (χ1n) is 6.55. The molecular formula is C18H12. The van der Waals surface area contributed by atoms with Gasteiger partial charge in [-0.1, -0.05) is 60.7 Å². The second kappa shape index (κ2) is 2.84. The van der Waals surface area contributed by atoms with E-state index in [1.54, 1.807) is 0 Å². The van der Waals surface area contributed by atoms with Gasteiger partial charge in [0.15, 0.2) is 0 Å². The zero-order valence-electron chi connectivity index (χ0n) is 9.93. The van der Waals surface area contributed by atoms with Crippen LogP contribution in [0.2, 0.25) is 0 Å². The lowest BCUT2D eigenvalue weighted by Crippen LogP contribution is -2.21. The Labute approximate surface area is 106 Å². The number of rotatable bonds is 0. The van der Waals surface area contributed by atoms with Crippen molar-refractivity contribution in [2.75, 3.05) is 0 Å². The molecule has 2 atom stereocenters. The second-order valence-corrected chi connectivity index (χ2v) is 5.38. The molecular weight excluding hydrogens is 216 g/mol. The second-order valence-electron chi connectivity index (χ2n) is 5.38. The Kier molecular flexibility index (Phi) is 1.41. The van der Waals surface area contributed by atoms with Gasteiger partial charge in [0.1, 0.15) is 0 Å². The van der Waals surface area contributed by atoms with Gasteiger partial charge < -0.3 is 0 Å². The van der Waals surface area contributed by atoms with Gasteiger partial charge in [-0.15, -0.1) is 0 Å². The molecule has 0 N–H and O–H groups in total. The van der Waals surface area contributed by atoms with Crippen LogP contribution in [0.3, 0.4) is 0 Å². The van der Waals surface area contributed by atoms with Gasteiger partial charge >= 0.3 is 0 Å². The molecule has 0 heterocycles. The molecule has 0 spiro atoms. The third kappa shape index (κ3) is 0.830. The van der Waals surface area contributed by atoms with E-state index in [4.69, 9.17) is 0 Å². The Hall–Kier alpha value is -2.08. The fourth-order valence-electron chi connectivity index (χ4n) is 3.95. The molecule has 0 nitrogen and oxygen atoms in total. The van der Waals surface area contributed by atoms with Crippen molar-refractivity contribution in [3.63, 3.8) is 0 Å². The molecule has 84 valence electrons. The zero-order chi connectivity index (χ0) is 11.7. The van der Waals surface area contributed by atoms with Crippen molar-refractivity contribution in [3.05, 3.63) is 82.9 Å². The van der Waals surface area contributed by atoms with Crippen LogP contribution in [0.5, 0.6) is 0 Å². The molecule has 5 rings (SSSR count). The van der Waals surface area contributed by atoms with Crippen molar-refractivity contribution in [1.29, 1.82) is 0 Å². The molecule has 0 heteroatoms. The highest BCUT2D eigenvalue weighted by Gasteiger charge is 2.44. The summed E-state index contributed by atoms with van der Waals surface area (Å²) >= 11 is 0. The van der Waals surface area contributed by atoms with Crippen molar-refractivity contribution in [2.45, 2.75) is 11.8 Å². The van der Waals surface area contributed by atoms with Crippen LogP contribution >= 0.6 is 0 Å². The average molecular weight is 228 g/mol. The first-order valence-corrected chi connectivity index (χ1v) is 6.55. The highest BCUT2D eigenvalue weighted by atomic mass is 14.5. The van der Waals surface area contributed by atoms with Gasteiger partial charge in [-0.2, -0.15) is 0 Å². The quantitative estimate of drug-likeness (QED) is 0.534. The Bertz CT molecular complexity index is 734. The normalized spacial score (nSPS) is 22.4. The highest BCUT2D eigenvalue weighted by molar-refractivity contribution is 5.95. The molecule has 0 radical (unpaired) electrons. The molecule has 0 fully saturated rings. The molecule has 2 aliphatic carbocycles. The van der Waals surface area contributed by atoms with Crippen LogP contribution in [-0.2, 0) is 0 Å². The Morgan fingerprint density at radius 2 is 1.00 bits per heavy atom. The standard InChI is InChI=1S/C18H12/c1-2-8-13-12(7-1)17-14-9-3-5-11-6-4-10-15(16(11)14)18(13)17/h1-10,17-18H. The van der Waals surface area contributed by atoms with Gasteiger partial charge in [-0.05, 0) is 33.0 Å². The van der Waals surface area contributed by atoms with Gasteiger partial charge in [0.25, 0.3) is 0 Å². The van der Waals surface area contributed by atoms with E-state index < -0.39 is 0 Å². The molecule has 0 amide bonds. The number of benzene rings is 3. The third-order valence-corrected chi connectivity index (χ3v) is 4.64. The maximum absolute atomic E-state index is 2.31. The summed E-state index contributed by atoms with van der Waals surface area (Å²) in [5, 5.41) is 2.90. The topological polar surface area (TPSA) is 0 Å². The molecule has 0 saturated heterocycles. The summed E-state index contributed by atoms with van der Waals surface area (Å²) in [5.41, 5.74) is 6.14. The smallest absolute Gasteiger partial charge is 0.0208 e. The number of hydrogen-bond acceptors (Lipinski definition) is 0. The van der Waals surface area contributed by atoms with Crippen molar-refractivity contribution in [3.8, 4) is 0 Å². The molecule has 3 aromatic carbocycles. The summed E-state index contributed by atoms with van der Waals surface area (Å²) in [6.07, 6.45) is 0. The number of fused-ring (bicyclic) bond motifs is 6. The Balaban J connectivity index is 1.94. The van der Waals surface area contributed by atoms with Crippen LogP contribution < -0.4 is 0 Å². The van der Waals surface area contributed by atoms with Crippen molar-refractivity contribution in [2.24, 2.45) is 0 Å². The van der Waals surface area contributed by atoms with Crippen molar-refractivity contribution < 1.29 is 0 Å². The van der Waals surface area contributed by atoms with Gasteiger partial charge in [-0.3, -0.25) is 0 Å². The lowest BCUT2D eigenvalue weighted by molar-refractivity contribution is 0.636. The molecule has 2 aliphatic rings. The van der Waals surface area contributed by atoms with Crippen molar-refractivity contribution >= 4 is 10.8 Å². The summed E-state index contributed by atoms with van der Waals surface area (Å²) in [6, 6.07) is 22.4. The largest absolute Gasteiger partial charge is 0.0620 e. The Morgan fingerprint density at radius 1 is 0.500 bits per heavy atom. The van der Waals surface area contributed by atoms with Gasteiger partial charge in [-0.25, -0.2) is 0 Å². The van der Waals surface area contributed by atoms with Gasteiger partial charge in [0.05, 0.1) is 0 Å². The summed E-state index contributed by atoms with van der Waals surface area (Å²) in [7, 11) is 0. The summed E-state index contributed by atoms with van der Waals surface area (Å²) in [5.74, 6) is 1.23. The Morgan fingerprint density at radius 3 is 1.56 bits per heavy atom.